The third-order valence-electron chi connectivity index (χ3n) is 5.53. The molecule has 0 bridgehead atoms. The van der Waals surface area contributed by atoms with Gasteiger partial charge in [0.25, 0.3) is 5.91 Å². The molecule has 1 amide bonds. The molecule has 170 valence electrons. The van der Waals surface area contributed by atoms with Crippen molar-refractivity contribution in [3.05, 3.63) is 77.1 Å². The lowest BCUT2D eigenvalue weighted by Crippen LogP contribution is -2.42. The van der Waals surface area contributed by atoms with Crippen molar-refractivity contribution in [1.82, 2.24) is 24.9 Å². The summed E-state index contributed by atoms with van der Waals surface area (Å²) in [6, 6.07) is 9.58. The molecule has 0 saturated carbocycles. The number of aryl methyl sites for hydroxylation is 2. The molecule has 3 aromatic heterocycles. The summed E-state index contributed by atoms with van der Waals surface area (Å²) in [5, 5.41) is 17.8. The Balaban J connectivity index is 1.55. The lowest BCUT2D eigenvalue weighted by Gasteiger charge is -2.24. The normalized spacial score (nSPS) is 13.1. The first-order valence-corrected chi connectivity index (χ1v) is 10.5. The minimum Gasteiger partial charge on any atom is -0.388 e. The number of aliphatic hydroxyl groups is 1. The molecule has 4 rings (SSSR count). The zero-order valence-corrected chi connectivity index (χ0v) is 18.6. The summed E-state index contributed by atoms with van der Waals surface area (Å²) in [5.41, 5.74) is 9.55. The summed E-state index contributed by atoms with van der Waals surface area (Å²) >= 11 is 0. The van der Waals surface area contributed by atoms with Crippen LogP contribution in [0.1, 0.15) is 34.1 Å². The minimum absolute atomic E-state index is 0.0177. The molecule has 0 radical (unpaired) electrons. The second kappa shape index (κ2) is 8.59. The summed E-state index contributed by atoms with van der Waals surface area (Å²) in [6.45, 7) is 5.30. The summed E-state index contributed by atoms with van der Waals surface area (Å²) in [6.07, 6.45) is 3.32. The van der Waals surface area contributed by atoms with Gasteiger partial charge in [0.2, 0.25) is 0 Å². The van der Waals surface area contributed by atoms with Crippen molar-refractivity contribution < 1.29 is 14.3 Å². The number of hydrogen-bond donors (Lipinski definition) is 3. The average Bonchev–Trinajstić information content (AvgIpc) is 3.12. The van der Waals surface area contributed by atoms with E-state index >= 15 is 0 Å². The van der Waals surface area contributed by atoms with Crippen LogP contribution >= 0.6 is 0 Å². The number of hydrogen-bond acceptors (Lipinski definition) is 6. The van der Waals surface area contributed by atoms with Gasteiger partial charge in [0.15, 0.2) is 5.82 Å². The maximum absolute atomic E-state index is 13.1. The second-order valence-corrected chi connectivity index (χ2v) is 8.46. The molecule has 3 heterocycles. The average molecular weight is 449 g/mol. The number of halogens is 1. The van der Waals surface area contributed by atoms with Gasteiger partial charge in [-0.1, -0.05) is 12.1 Å². The lowest BCUT2D eigenvalue weighted by atomic mass is 9.96. The fourth-order valence-electron chi connectivity index (χ4n) is 3.83. The van der Waals surface area contributed by atoms with Crippen LogP contribution in [0.15, 0.2) is 48.9 Å². The van der Waals surface area contributed by atoms with Crippen molar-refractivity contribution in [3.8, 4) is 11.3 Å². The summed E-state index contributed by atoms with van der Waals surface area (Å²) in [4.78, 5) is 21.4. The Hall–Kier alpha value is -3.85. The fourth-order valence-corrected chi connectivity index (χ4v) is 3.83. The molecule has 0 spiro atoms. The predicted molar refractivity (Wildman–Crippen MR) is 123 cm³/mol. The number of rotatable bonds is 6. The van der Waals surface area contributed by atoms with Crippen molar-refractivity contribution in [1.29, 1.82) is 0 Å². The molecule has 4 N–H and O–H groups in total. The number of anilines is 1. The van der Waals surface area contributed by atoms with Gasteiger partial charge < -0.3 is 16.2 Å². The molecule has 0 saturated heterocycles. The molecular weight excluding hydrogens is 423 g/mol. The van der Waals surface area contributed by atoms with Gasteiger partial charge in [0.05, 0.1) is 22.6 Å². The largest absolute Gasteiger partial charge is 0.388 e. The van der Waals surface area contributed by atoms with Gasteiger partial charge in [0.1, 0.15) is 17.7 Å². The molecule has 0 aliphatic carbocycles. The van der Waals surface area contributed by atoms with Crippen LogP contribution in [0.25, 0.3) is 16.8 Å². The Labute approximate surface area is 190 Å². The van der Waals surface area contributed by atoms with Crippen LogP contribution in [0.5, 0.6) is 0 Å². The Morgan fingerprint density at radius 1 is 1.21 bits per heavy atom. The SMILES string of the molecule is Cc1ncc(-c2cc(C)c3c(N)ncnn23)cc1C(=O)NCC(C)(O)Cc1ccc(F)cc1. The standard InChI is InChI=1S/C24H25FN6O2/c1-14-8-20(31-21(14)22(26)29-13-30-31)17-9-19(15(2)27-11-17)23(32)28-12-24(3,33)10-16-4-6-18(25)7-5-16/h4-9,11,13,33H,10,12H2,1-3H3,(H,28,32)(H2,26,29,30). The highest BCUT2D eigenvalue weighted by Gasteiger charge is 2.23. The number of fused-ring (bicyclic) bond motifs is 1. The zero-order valence-electron chi connectivity index (χ0n) is 18.6. The van der Waals surface area contributed by atoms with E-state index in [2.05, 4.69) is 20.4 Å². The first-order valence-electron chi connectivity index (χ1n) is 10.5. The Bertz CT molecular complexity index is 1330. The van der Waals surface area contributed by atoms with Gasteiger partial charge in [-0.2, -0.15) is 5.10 Å². The van der Waals surface area contributed by atoms with E-state index in [0.717, 1.165) is 16.8 Å². The highest BCUT2D eigenvalue weighted by Crippen LogP contribution is 2.28. The molecule has 0 fully saturated rings. The van der Waals surface area contributed by atoms with E-state index in [4.69, 9.17) is 5.73 Å². The number of nitrogens with zero attached hydrogens (tertiary/aromatic N) is 4. The van der Waals surface area contributed by atoms with E-state index in [0.29, 0.717) is 28.2 Å². The van der Waals surface area contributed by atoms with E-state index in [9.17, 15) is 14.3 Å². The first-order chi connectivity index (χ1) is 15.6. The van der Waals surface area contributed by atoms with Crippen LogP contribution in [0, 0.1) is 19.7 Å². The summed E-state index contributed by atoms with van der Waals surface area (Å²) in [7, 11) is 0. The Morgan fingerprint density at radius 2 is 1.94 bits per heavy atom. The van der Waals surface area contributed by atoms with Crippen LogP contribution in [0.2, 0.25) is 0 Å². The molecule has 4 aromatic rings. The third kappa shape index (κ3) is 4.68. The summed E-state index contributed by atoms with van der Waals surface area (Å²) < 4.78 is 14.8. The maximum Gasteiger partial charge on any atom is 0.253 e. The van der Waals surface area contributed by atoms with Crippen LogP contribution in [-0.2, 0) is 6.42 Å². The summed E-state index contributed by atoms with van der Waals surface area (Å²) in [5.74, 6) is -0.321. The molecule has 1 atom stereocenters. The number of aromatic nitrogens is 4. The predicted octanol–water partition coefficient (Wildman–Crippen LogP) is 2.85. The number of carbonyl (C=O) groups excluding carboxylic acids is 1. The lowest BCUT2D eigenvalue weighted by molar-refractivity contribution is 0.0552. The Morgan fingerprint density at radius 3 is 2.67 bits per heavy atom. The van der Waals surface area contributed by atoms with Crippen molar-refractivity contribution in [2.24, 2.45) is 0 Å². The second-order valence-electron chi connectivity index (χ2n) is 8.46. The van der Waals surface area contributed by atoms with Crippen LogP contribution < -0.4 is 11.1 Å². The van der Waals surface area contributed by atoms with E-state index in [-0.39, 0.29) is 24.7 Å². The van der Waals surface area contributed by atoms with E-state index in [1.165, 1.54) is 18.5 Å². The van der Waals surface area contributed by atoms with Crippen LogP contribution in [0.3, 0.4) is 0 Å². The smallest absolute Gasteiger partial charge is 0.253 e. The van der Waals surface area contributed by atoms with Crippen molar-refractivity contribution in [2.45, 2.75) is 32.8 Å². The number of amides is 1. The van der Waals surface area contributed by atoms with Crippen LogP contribution in [0.4, 0.5) is 10.2 Å². The van der Waals surface area contributed by atoms with Crippen LogP contribution in [-0.4, -0.2) is 42.7 Å². The number of carbonyl (C=O) groups is 1. The molecule has 33 heavy (non-hydrogen) atoms. The monoisotopic (exact) mass is 448 g/mol. The van der Waals surface area contributed by atoms with E-state index in [1.807, 2.05) is 13.0 Å². The van der Waals surface area contributed by atoms with Crippen molar-refractivity contribution in [3.63, 3.8) is 0 Å². The minimum atomic E-state index is -1.21. The van der Waals surface area contributed by atoms with Crippen molar-refractivity contribution in [2.75, 3.05) is 12.3 Å². The molecule has 1 unspecified atom stereocenters. The maximum atomic E-state index is 13.1. The van der Waals surface area contributed by atoms with Gasteiger partial charge in [-0.05, 0) is 56.2 Å². The number of nitrogens with one attached hydrogen (secondary N) is 1. The van der Waals surface area contributed by atoms with Gasteiger partial charge in [0, 0.05) is 24.7 Å². The highest BCUT2D eigenvalue weighted by molar-refractivity contribution is 5.96. The number of nitrogens with two attached hydrogens (primary N) is 1. The van der Waals surface area contributed by atoms with Crippen molar-refractivity contribution >= 4 is 17.2 Å². The highest BCUT2D eigenvalue weighted by atomic mass is 19.1. The number of pyridine rings is 1. The molecular formula is C24H25FN6O2. The number of nitrogen functional groups attached to an aromatic ring is 1. The molecule has 1 aromatic carbocycles. The quantitative estimate of drug-likeness (QED) is 0.417. The molecule has 0 aliphatic rings. The molecule has 9 heteroatoms. The topological polar surface area (TPSA) is 118 Å². The van der Waals surface area contributed by atoms with E-state index in [1.54, 1.807) is 42.8 Å². The van der Waals surface area contributed by atoms with Gasteiger partial charge >= 0.3 is 0 Å². The number of benzene rings is 1. The van der Waals surface area contributed by atoms with Gasteiger partial charge in [-0.25, -0.2) is 13.9 Å². The third-order valence-corrected chi connectivity index (χ3v) is 5.53. The molecule has 0 aliphatic heterocycles. The van der Waals surface area contributed by atoms with E-state index < -0.39 is 5.60 Å². The molecule has 8 nitrogen and oxygen atoms in total. The van der Waals surface area contributed by atoms with Gasteiger partial charge in [-0.3, -0.25) is 9.78 Å². The van der Waals surface area contributed by atoms with Gasteiger partial charge in [-0.15, -0.1) is 0 Å². The zero-order chi connectivity index (χ0) is 23.8. The first kappa shape index (κ1) is 22.3. The fraction of sp³-hybridized carbons (Fsp3) is 0.250. The Kier molecular flexibility index (Phi) is 5.82.